The molecule has 2 N–H and O–H groups in total. The molecule has 0 saturated carbocycles. The SMILES string of the molecule is C=CC(=O)N1CC(O)(C(=O)N2CCC(C)CC2)C1.C=CC(=O)N1CC(O)(CN2CCC(C)CC2)C1. The fraction of sp³-hybridized carbons (Fsp3) is 0.731. The molecule has 9 nitrogen and oxygen atoms in total. The van der Waals surface area contributed by atoms with Crippen LogP contribution < -0.4 is 0 Å². The van der Waals surface area contributed by atoms with E-state index in [0.29, 0.717) is 38.6 Å². The smallest absolute Gasteiger partial charge is 0.258 e. The van der Waals surface area contributed by atoms with Crippen molar-refractivity contribution in [1.29, 1.82) is 0 Å². The summed E-state index contributed by atoms with van der Waals surface area (Å²) in [6, 6.07) is 0. The van der Waals surface area contributed by atoms with Crippen LogP contribution in [0, 0.1) is 11.8 Å². The maximum Gasteiger partial charge on any atom is 0.258 e. The lowest BCUT2D eigenvalue weighted by molar-refractivity contribution is -0.175. The Kier molecular flexibility index (Phi) is 8.77. The highest BCUT2D eigenvalue weighted by Gasteiger charge is 2.51. The van der Waals surface area contributed by atoms with Crippen LogP contribution in [-0.4, -0.2) is 118 Å². The van der Waals surface area contributed by atoms with Crippen molar-refractivity contribution in [2.24, 2.45) is 11.8 Å². The molecule has 0 aromatic carbocycles. The van der Waals surface area contributed by atoms with Gasteiger partial charge in [-0.25, -0.2) is 0 Å². The summed E-state index contributed by atoms with van der Waals surface area (Å²) in [5, 5.41) is 20.5. The number of amides is 3. The Balaban J connectivity index is 0.000000196. The summed E-state index contributed by atoms with van der Waals surface area (Å²) in [7, 11) is 0. The molecule has 35 heavy (non-hydrogen) atoms. The Bertz CT molecular complexity index is 803. The zero-order valence-electron chi connectivity index (χ0n) is 21.3. The van der Waals surface area contributed by atoms with Crippen molar-refractivity contribution in [1.82, 2.24) is 19.6 Å². The summed E-state index contributed by atoms with van der Waals surface area (Å²) in [6.45, 7) is 16.6. The summed E-state index contributed by atoms with van der Waals surface area (Å²) in [4.78, 5) is 41.9. The molecule has 3 amide bonds. The molecule has 0 aliphatic carbocycles. The maximum atomic E-state index is 12.2. The van der Waals surface area contributed by atoms with Gasteiger partial charge in [0.05, 0.1) is 26.2 Å². The molecular weight excluding hydrogens is 448 g/mol. The average Bonchev–Trinajstić information content (AvgIpc) is 2.81. The number of β-amino-alcohol motifs (C(OH)–C–C–N with tert-alkyl or cyclic N) is 2. The van der Waals surface area contributed by atoms with Gasteiger partial charge in [-0.15, -0.1) is 0 Å². The minimum atomic E-state index is -1.38. The molecule has 4 aliphatic rings. The van der Waals surface area contributed by atoms with Gasteiger partial charge in [0.1, 0.15) is 5.60 Å². The number of hydrogen-bond donors (Lipinski definition) is 2. The van der Waals surface area contributed by atoms with Crippen molar-refractivity contribution >= 4 is 17.7 Å². The van der Waals surface area contributed by atoms with E-state index in [9.17, 15) is 24.6 Å². The van der Waals surface area contributed by atoms with E-state index in [1.165, 1.54) is 29.9 Å². The molecule has 4 rings (SSSR count). The van der Waals surface area contributed by atoms with E-state index < -0.39 is 11.2 Å². The molecular formula is C26H42N4O5. The number of nitrogens with zero attached hydrogens (tertiary/aromatic N) is 4. The zero-order chi connectivity index (χ0) is 25.8. The van der Waals surface area contributed by atoms with Crippen molar-refractivity contribution in [3.8, 4) is 0 Å². The van der Waals surface area contributed by atoms with Gasteiger partial charge in [-0.05, 0) is 62.8 Å². The van der Waals surface area contributed by atoms with Crippen molar-refractivity contribution in [2.75, 3.05) is 58.9 Å². The van der Waals surface area contributed by atoms with E-state index in [1.54, 1.807) is 9.80 Å². The first-order valence-corrected chi connectivity index (χ1v) is 12.8. The first kappa shape index (κ1) is 27.4. The lowest BCUT2D eigenvalue weighted by Gasteiger charge is -2.48. The van der Waals surface area contributed by atoms with Crippen LogP contribution in [0.25, 0.3) is 0 Å². The van der Waals surface area contributed by atoms with Crippen molar-refractivity contribution in [3.05, 3.63) is 25.3 Å². The summed E-state index contributed by atoms with van der Waals surface area (Å²) in [5.41, 5.74) is -2.07. The fourth-order valence-electron chi connectivity index (χ4n) is 5.20. The van der Waals surface area contributed by atoms with E-state index in [-0.39, 0.29) is 30.8 Å². The minimum Gasteiger partial charge on any atom is -0.385 e. The van der Waals surface area contributed by atoms with E-state index >= 15 is 0 Å². The highest BCUT2D eigenvalue weighted by atomic mass is 16.3. The highest BCUT2D eigenvalue weighted by molar-refractivity contribution is 5.93. The van der Waals surface area contributed by atoms with E-state index in [4.69, 9.17) is 0 Å². The third-order valence-electron chi connectivity index (χ3n) is 7.71. The summed E-state index contributed by atoms with van der Waals surface area (Å²) in [5.74, 6) is 0.897. The first-order valence-electron chi connectivity index (χ1n) is 12.8. The lowest BCUT2D eigenvalue weighted by Crippen LogP contribution is -2.70. The molecule has 0 atom stereocenters. The average molecular weight is 491 g/mol. The van der Waals surface area contributed by atoms with E-state index in [1.807, 2.05) is 0 Å². The topological polar surface area (TPSA) is 105 Å². The molecule has 0 aromatic rings. The fourth-order valence-corrected chi connectivity index (χ4v) is 5.20. The van der Waals surface area contributed by atoms with Gasteiger partial charge in [-0.3, -0.25) is 14.4 Å². The quantitative estimate of drug-likeness (QED) is 0.544. The third-order valence-corrected chi connectivity index (χ3v) is 7.71. The summed E-state index contributed by atoms with van der Waals surface area (Å²) < 4.78 is 0. The predicted molar refractivity (Wildman–Crippen MR) is 133 cm³/mol. The van der Waals surface area contributed by atoms with Crippen LogP contribution in [0.1, 0.15) is 39.5 Å². The molecule has 0 unspecified atom stereocenters. The number of hydrogen-bond acceptors (Lipinski definition) is 6. The second kappa shape index (κ2) is 11.2. The van der Waals surface area contributed by atoms with Gasteiger partial charge in [0.25, 0.3) is 5.91 Å². The second-order valence-electron chi connectivity index (χ2n) is 11.0. The van der Waals surface area contributed by atoms with Crippen LogP contribution >= 0.6 is 0 Å². The van der Waals surface area contributed by atoms with Crippen LogP contribution in [0.5, 0.6) is 0 Å². The molecule has 0 aromatic heterocycles. The first-order chi connectivity index (χ1) is 16.5. The van der Waals surface area contributed by atoms with Crippen LogP contribution in [0.3, 0.4) is 0 Å². The Morgan fingerprint density at radius 2 is 1.20 bits per heavy atom. The Morgan fingerprint density at radius 1 is 0.771 bits per heavy atom. The monoisotopic (exact) mass is 490 g/mol. The second-order valence-corrected chi connectivity index (χ2v) is 11.0. The number of piperidine rings is 2. The Labute approximate surface area is 209 Å². The van der Waals surface area contributed by atoms with Crippen molar-refractivity contribution in [3.63, 3.8) is 0 Å². The lowest BCUT2D eigenvalue weighted by atomic mass is 9.90. The number of carbonyl (C=O) groups excluding carboxylic acids is 3. The number of carbonyl (C=O) groups is 3. The molecule has 9 heteroatoms. The standard InChI is InChI=1S/C13H20N2O3.C13H22N2O2/c1-3-11(16)15-8-13(18,9-15)12(17)14-6-4-10(2)5-7-14;1-3-12(16)15-9-13(17,10-15)8-14-6-4-11(2)5-7-14/h3,10,18H,1,4-9H2,2H3;3,11,17H,1,4-10H2,2H3. The van der Waals surface area contributed by atoms with E-state index in [2.05, 4.69) is 31.9 Å². The molecule has 4 fully saturated rings. The molecule has 0 bridgehead atoms. The molecule has 196 valence electrons. The molecule has 4 heterocycles. The van der Waals surface area contributed by atoms with Gasteiger partial charge in [-0.1, -0.05) is 27.0 Å². The maximum absolute atomic E-state index is 12.2. The van der Waals surface area contributed by atoms with Gasteiger partial charge < -0.3 is 29.8 Å². The van der Waals surface area contributed by atoms with Crippen molar-refractivity contribution < 1.29 is 24.6 Å². The molecule has 0 spiro atoms. The third kappa shape index (κ3) is 6.71. The number of likely N-dealkylation sites (tertiary alicyclic amines) is 4. The largest absolute Gasteiger partial charge is 0.385 e. The van der Waals surface area contributed by atoms with Gasteiger partial charge >= 0.3 is 0 Å². The van der Waals surface area contributed by atoms with Gasteiger partial charge in [0.2, 0.25) is 11.8 Å². The number of rotatable bonds is 5. The summed E-state index contributed by atoms with van der Waals surface area (Å²) >= 11 is 0. The minimum absolute atomic E-state index is 0.0815. The Morgan fingerprint density at radius 3 is 1.66 bits per heavy atom. The van der Waals surface area contributed by atoms with Crippen LogP contribution in [0.4, 0.5) is 0 Å². The van der Waals surface area contributed by atoms with Gasteiger partial charge in [-0.2, -0.15) is 0 Å². The predicted octanol–water partition coefficient (Wildman–Crippen LogP) is 0.482. The van der Waals surface area contributed by atoms with E-state index in [0.717, 1.165) is 31.8 Å². The molecule has 4 aliphatic heterocycles. The zero-order valence-corrected chi connectivity index (χ0v) is 21.3. The highest BCUT2D eigenvalue weighted by Crippen LogP contribution is 2.27. The van der Waals surface area contributed by atoms with Crippen molar-refractivity contribution in [2.45, 2.75) is 50.7 Å². The summed E-state index contributed by atoms with van der Waals surface area (Å²) in [6.07, 6.45) is 6.90. The molecule has 4 saturated heterocycles. The molecule has 0 radical (unpaired) electrons. The van der Waals surface area contributed by atoms with Gasteiger partial charge in [0, 0.05) is 19.6 Å². The van der Waals surface area contributed by atoms with Gasteiger partial charge in [0.15, 0.2) is 5.60 Å². The van der Waals surface area contributed by atoms with Crippen LogP contribution in [-0.2, 0) is 14.4 Å². The van der Waals surface area contributed by atoms with Crippen LogP contribution in [0.15, 0.2) is 25.3 Å². The number of aliphatic hydroxyl groups is 2. The Hall–Kier alpha value is -2.23. The normalized spacial score (nSPS) is 24.4. The van der Waals surface area contributed by atoms with Crippen LogP contribution in [0.2, 0.25) is 0 Å².